The molecule has 134 valence electrons. The van der Waals surface area contributed by atoms with Gasteiger partial charge in [0.15, 0.2) is 0 Å². The van der Waals surface area contributed by atoms with E-state index in [1.54, 1.807) is 4.68 Å². The van der Waals surface area contributed by atoms with Crippen molar-refractivity contribution in [2.24, 2.45) is 7.05 Å². The van der Waals surface area contributed by atoms with Gasteiger partial charge in [0.1, 0.15) is 5.69 Å². The van der Waals surface area contributed by atoms with E-state index in [-0.39, 0.29) is 0 Å². The molecule has 1 aliphatic heterocycles. The van der Waals surface area contributed by atoms with Crippen LogP contribution in [0, 0.1) is 0 Å². The van der Waals surface area contributed by atoms with Gasteiger partial charge in [0.2, 0.25) is 0 Å². The van der Waals surface area contributed by atoms with Gasteiger partial charge in [-0.25, -0.2) is 4.68 Å². The number of allylic oxidation sites excluding steroid dienone is 2. The molecule has 0 unspecified atom stereocenters. The van der Waals surface area contributed by atoms with Crippen LogP contribution in [0.15, 0.2) is 55.1 Å². The third-order valence-corrected chi connectivity index (χ3v) is 3.53. The Hall–Kier alpha value is -2.62. The predicted molar refractivity (Wildman–Crippen MR) is 110 cm³/mol. The molecule has 1 aliphatic rings. The molecular weight excluding hydrogens is 308 g/mol. The van der Waals surface area contributed by atoms with Crippen molar-refractivity contribution in [1.29, 1.82) is 0 Å². The third-order valence-electron chi connectivity index (χ3n) is 3.53. The summed E-state index contributed by atoms with van der Waals surface area (Å²) in [6.45, 7) is 16.8. The molecule has 2 aromatic rings. The fourth-order valence-electron chi connectivity index (χ4n) is 2.53. The van der Waals surface area contributed by atoms with Crippen LogP contribution in [-0.2, 0) is 7.05 Å². The lowest BCUT2D eigenvalue weighted by Crippen LogP contribution is -2.10. The van der Waals surface area contributed by atoms with Crippen molar-refractivity contribution in [3.63, 3.8) is 0 Å². The van der Waals surface area contributed by atoms with Crippen LogP contribution in [-0.4, -0.2) is 21.5 Å². The first-order valence-corrected chi connectivity index (χ1v) is 8.89. The Morgan fingerprint density at radius 3 is 2.40 bits per heavy atom. The monoisotopic (exact) mass is 338 g/mol. The number of nitrogens with one attached hydrogen (secondary N) is 1. The molecule has 4 nitrogen and oxygen atoms in total. The summed E-state index contributed by atoms with van der Waals surface area (Å²) in [6.07, 6.45) is 4.95. The lowest BCUT2D eigenvalue weighted by atomic mass is 9.97. The SMILES string of the molecule is C=C/C1=C(\C=C)c2c(nnn2C)-c2ccccc2NC1.CC.CCC. The van der Waals surface area contributed by atoms with Gasteiger partial charge in [-0.1, -0.05) is 82.8 Å². The maximum atomic E-state index is 4.32. The molecule has 4 heteroatoms. The molecule has 1 N–H and O–H groups in total. The Kier molecular flexibility index (Phi) is 8.40. The van der Waals surface area contributed by atoms with Crippen LogP contribution in [0.3, 0.4) is 0 Å². The highest BCUT2D eigenvalue weighted by Gasteiger charge is 2.21. The van der Waals surface area contributed by atoms with Crippen LogP contribution in [0.4, 0.5) is 5.69 Å². The molecule has 0 bridgehead atoms. The molecule has 1 aromatic carbocycles. The fraction of sp³-hybridized carbons (Fsp3) is 0.333. The molecule has 0 spiro atoms. The number of para-hydroxylation sites is 1. The maximum absolute atomic E-state index is 4.32. The van der Waals surface area contributed by atoms with Gasteiger partial charge in [-0.15, -0.1) is 5.10 Å². The van der Waals surface area contributed by atoms with E-state index in [1.807, 2.05) is 51.2 Å². The minimum atomic E-state index is 0.701. The van der Waals surface area contributed by atoms with E-state index >= 15 is 0 Å². The van der Waals surface area contributed by atoms with E-state index in [1.165, 1.54) is 6.42 Å². The maximum Gasteiger partial charge on any atom is 0.123 e. The second-order valence-corrected chi connectivity index (χ2v) is 5.36. The largest absolute Gasteiger partial charge is 0.380 e. The number of nitrogens with zero attached hydrogens (tertiary/aromatic N) is 3. The number of aromatic nitrogens is 3. The average molecular weight is 338 g/mol. The molecule has 25 heavy (non-hydrogen) atoms. The quantitative estimate of drug-likeness (QED) is 0.789. The van der Waals surface area contributed by atoms with Gasteiger partial charge in [0.25, 0.3) is 0 Å². The van der Waals surface area contributed by atoms with Crippen molar-refractivity contribution in [3.05, 3.63) is 60.8 Å². The van der Waals surface area contributed by atoms with E-state index < -0.39 is 0 Å². The molecule has 0 atom stereocenters. The van der Waals surface area contributed by atoms with E-state index in [0.29, 0.717) is 6.54 Å². The Labute approximate surface area is 152 Å². The van der Waals surface area contributed by atoms with Gasteiger partial charge in [0.05, 0.1) is 5.69 Å². The molecule has 2 heterocycles. The van der Waals surface area contributed by atoms with E-state index in [4.69, 9.17) is 0 Å². The molecular formula is C21H30N4. The third kappa shape index (κ3) is 4.47. The normalized spacial score (nSPS) is 14.8. The Morgan fingerprint density at radius 2 is 1.80 bits per heavy atom. The van der Waals surface area contributed by atoms with Crippen LogP contribution in [0.25, 0.3) is 16.8 Å². The molecule has 0 amide bonds. The van der Waals surface area contributed by atoms with Crippen LogP contribution in [0.5, 0.6) is 0 Å². The average Bonchev–Trinajstić information content (AvgIpc) is 3.00. The predicted octanol–water partition coefficient (Wildman–Crippen LogP) is 5.48. The molecule has 0 fully saturated rings. The summed E-state index contributed by atoms with van der Waals surface area (Å²) in [6, 6.07) is 8.12. The van der Waals surface area contributed by atoms with Crippen LogP contribution < -0.4 is 5.32 Å². The lowest BCUT2D eigenvalue weighted by molar-refractivity contribution is 0.708. The van der Waals surface area contributed by atoms with E-state index in [9.17, 15) is 0 Å². The summed E-state index contributed by atoms with van der Waals surface area (Å²) in [5.74, 6) is 0. The highest BCUT2D eigenvalue weighted by atomic mass is 15.4. The zero-order valence-electron chi connectivity index (χ0n) is 16.1. The van der Waals surface area contributed by atoms with Crippen molar-refractivity contribution >= 4 is 11.3 Å². The van der Waals surface area contributed by atoms with Gasteiger partial charge in [-0.2, -0.15) is 0 Å². The smallest absolute Gasteiger partial charge is 0.123 e. The molecule has 1 aromatic heterocycles. The van der Waals surface area contributed by atoms with Gasteiger partial charge in [-0.3, -0.25) is 0 Å². The zero-order valence-corrected chi connectivity index (χ0v) is 16.1. The first kappa shape index (κ1) is 20.4. The number of hydrogen-bond acceptors (Lipinski definition) is 3. The molecule has 0 aliphatic carbocycles. The Bertz CT molecular complexity index is 738. The summed E-state index contributed by atoms with van der Waals surface area (Å²) >= 11 is 0. The van der Waals surface area contributed by atoms with Crippen molar-refractivity contribution in [3.8, 4) is 11.3 Å². The summed E-state index contributed by atoms with van der Waals surface area (Å²) in [5.41, 5.74) is 6.05. The van der Waals surface area contributed by atoms with Gasteiger partial charge in [0, 0.05) is 30.4 Å². The first-order chi connectivity index (χ1) is 12.2. The van der Waals surface area contributed by atoms with Gasteiger partial charge >= 0.3 is 0 Å². The summed E-state index contributed by atoms with van der Waals surface area (Å²) in [4.78, 5) is 0. The van der Waals surface area contributed by atoms with Crippen molar-refractivity contribution in [2.45, 2.75) is 34.1 Å². The Balaban J connectivity index is 0.000000567. The number of aryl methyl sites for hydroxylation is 1. The fourth-order valence-corrected chi connectivity index (χ4v) is 2.53. The Morgan fingerprint density at radius 1 is 1.16 bits per heavy atom. The van der Waals surface area contributed by atoms with Crippen LogP contribution in [0.1, 0.15) is 39.8 Å². The van der Waals surface area contributed by atoms with Crippen molar-refractivity contribution in [2.75, 3.05) is 11.9 Å². The van der Waals surface area contributed by atoms with E-state index in [0.717, 1.165) is 33.8 Å². The van der Waals surface area contributed by atoms with Gasteiger partial charge in [-0.05, 0) is 11.6 Å². The van der Waals surface area contributed by atoms with E-state index in [2.05, 4.69) is 48.7 Å². The first-order valence-electron chi connectivity index (χ1n) is 8.89. The number of hydrogen-bond donors (Lipinski definition) is 1. The number of rotatable bonds is 2. The highest BCUT2D eigenvalue weighted by molar-refractivity contribution is 5.89. The van der Waals surface area contributed by atoms with Crippen LogP contribution >= 0.6 is 0 Å². The van der Waals surface area contributed by atoms with Crippen molar-refractivity contribution in [1.82, 2.24) is 15.0 Å². The highest BCUT2D eigenvalue weighted by Crippen LogP contribution is 2.35. The lowest BCUT2D eigenvalue weighted by Gasteiger charge is -2.18. The van der Waals surface area contributed by atoms with Crippen molar-refractivity contribution < 1.29 is 0 Å². The summed E-state index contributed by atoms with van der Waals surface area (Å²) in [7, 11) is 1.90. The molecule has 0 saturated heterocycles. The molecule has 0 radical (unpaired) electrons. The number of anilines is 1. The zero-order chi connectivity index (χ0) is 18.8. The number of benzene rings is 1. The topological polar surface area (TPSA) is 42.7 Å². The van der Waals surface area contributed by atoms with Crippen LogP contribution in [0.2, 0.25) is 0 Å². The number of fused-ring (bicyclic) bond motifs is 3. The second-order valence-electron chi connectivity index (χ2n) is 5.36. The standard InChI is InChI=1S/C16H16N4.C3H8.C2H6/c1-4-11-10-17-14-9-7-6-8-13(14)15-16(12(11)5-2)20(3)19-18-15;1-3-2;1-2/h4-9,17H,1-2,10H2,3H3;3H2,1-2H3;1-2H3/b12-11-;;. The van der Waals surface area contributed by atoms with Gasteiger partial charge < -0.3 is 5.32 Å². The summed E-state index contributed by atoms with van der Waals surface area (Å²) in [5, 5.41) is 11.9. The molecule has 0 saturated carbocycles. The molecule has 3 rings (SSSR count). The minimum Gasteiger partial charge on any atom is -0.380 e. The second kappa shape index (κ2) is 10.3. The summed E-state index contributed by atoms with van der Waals surface area (Å²) < 4.78 is 1.79. The minimum absolute atomic E-state index is 0.701.